The van der Waals surface area contributed by atoms with Crippen LogP contribution in [0.4, 0.5) is 0 Å². The number of hydrogen-bond acceptors (Lipinski definition) is 6. The van der Waals surface area contributed by atoms with E-state index in [1.54, 1.807) is 13.2 Å². The van der Waals surface area contributed by atoms with Gasteiger partial charge >= 0.3 is 0 Å². The molecule has 1 aliphatic heterocycles. The third-order valence-corrected chi connectivity index (χ3v) is 4.89. The van der Waals surface area contributed by atoms with Gasteiger partial charge in [0.25, 0.3) is 5.91 Å². The van der Waals surface area contributed by atoms with Crippen LogP contribution in [-0.4, -0.2) is 30.6 Å². The summed E-state index contributed by atoms with van der Waals surface area (Å²) in [5, 5.41) is 2.60. The van der Waals surface area contributed by atoms with E-state index in [9.17, 15) is 4.79 Å². The van der Waals surface area contributed by atoms with Crippen molar-refractivity contribution in [3.8, 4) is 17.2 Å². The zero-order chi connectivity index (χ0) is 19.2. The minimum absolute atomic E-state index is 0.170. The van der Waals surface area contributed by atoms with E-state index in [0.717, 1.165) is 11.1 Å². The third kappa shape index (κ3) is 5.24. The van der Waals surface area contributed by atoms with Gasteiger partial charge in [-0.1, -0.05) is 42.2 Å². The van der Waals surface area contributed by atoms with Crippen LogP contribution in [0.15, 0.2) is 47.4 Å². The van der Waals surface area contributed by atoms with Gasteiger partial charge in [0.05, 0.1) is 12.0 Å². The molecule has 1 heterocycles. The largest absolute Gasteiger partial charge is 0.493 e. The molecule has 1 aliphatic rings. The normalized spacial score (nSPS) is 15.0. The minimum Gasteiger partial charge on any atom is -0.493 e. The number of thioether (sulfide) groups is 1. The summed E-state index contributed by atoms with van der Waals surface area (Å²) >= 11 is 6.25. The van der Waals surface area contributed by atoms with Crippen molar-refractivity contribution in [3.63, 3.8) is 0 Å². The van der Waals surface area contributed by atoms with Crippen LogP contribution in [0.3, 0.4) is 0 Å². The van der Waals surface area contributed by atoms with Gasteiger partial charge in [0.1, 0.15) is 23.3 Å². The van der Waals surface area contributed by atoms with E-state index in [0.29, 0.717) is 39.7 Å². The van der Waals surface area contributed by atoms with Gasteiger partial charge in [-0.3, -0.25) is 4.79 Å². The van der Waals surface area contributed by atoms with E-state index in [4.69, 9.17) is 26.4 Å². The molecule has 5 nitrogen and oxygen atoms in total. The summed E-state index contributed by atoms with van der Waals surface area (Å²) in [6.07, 6.45) is 1.79. The van der Waals surface area contributed by atoms with Crippen molar-refractivity contribution in [2.45, 2.75) is 6.92 Å². The van der Waals surface area contributed by atoms with Crippen LogP contribution >= 0.6 is 24.0 Å². The first-order chi connectivity index (χ1) is 13.0. The molecule has 2 aromatic rings. The Kier molecular flexibility index (Phi) is 6.36. The number of amides is 1. The highest BCUT2D eigenvalue weighted by atomic mass is 32.2. The molecule has 0 aliphatic carbocycles. The second kappa shape index (κ2) is 8.92. The van der Waals surface area contributed by atoms with Gasteiger partial charge in [-0.15, -0.1) is 0 Å². The molecular weight excluding hydrogens is 382 g/mol. The number of thiocarbonyl (C=S) groups is 1. The number of nitrogens with one attached hydrogen (secondary N) is 1. The molecule has 1 fully saturated rings. The van der Waals surface area contributed by atoms with Gasteiger partial charge in [0.15, 0.2) is 11.5 Å². The minimum atomic E-state index is -0.170. The fourth-order valence-corrected chi connectivity index (χ4v) is 3.52. The molecule has 1 N–H and O–H groups in total. The lowest BCUT2D eigenvalue weighted by molar-refractivity contribution is -0.115. The Labute approximate surface area is 167 Å². The molecular formula is C20H19NO4S2. The van der Waals surface area contributed by atoms with Crippen molar-refractivity contribution in [1.29, 1.82) is 0 Å². The first-order valence-corrected chi connectivity index (χ1v) is 9.53. The summed E-state index contributed by atoms with van der Waals surface area (Å²) in [6.45, 7) is 2.77. The fraction of sp³-hybridized carbons (Fsp3) is 0.200. The monoisotopic (exact) mass is 401 g/mol. The van der Waals surface area contributed by atoms with Crippen LogP contribution in [0.25, 0.3) is 6.08 Å². The molecule has 0 spiro atoms. The lowest BCUT2D eigenvalue weighted by Crippen LogP contribution is -2.17. The number of benzene rings is 2. The molecule has 1 amide bonds. The Bertz CT molecular complexity index is 895. The highest BCUT2D eigenvalue weighted by Crippen LogP contribution is 2.28. The maximum atomic E-state index is 11.7. The molecule has 0 unspecified atom stereocenters. The highest BCUT2D eigenvalue weighted by Gasteiger charge is 2.21. The van der Waals surface area contributed by atoms with E-state index in [-0.39, 0.29) is 5.91 Å². The zero-order valence-corrected chi connectivity index (χ0v) is 16.6. The van der Waals surface area contributed by atoms with Gasteiger partial charge < -0.3 is 19.5 Å². The Morgan fingerprint density at radius 3 is 2.67 bits per heavy atom. The number of ether oxygens (including phenoxy) is 3. The SMILES string of the molecule is COc1cc(C)ccc1OCCOc1cccc(C=C2SC(=S)NC2=O)c1. The van der Waals surface area contributed by atoms with Crippen LogP contribution < -0.4 is 19.5 Å². The molecule has 0 aromatic heterocycles. The van der Waals surface area contributed by atoms with E-state index in [2.05, 4.69) is 5.32 Å². The number of carbonyl (C=O) groups is 1. The molecule has 0 radical (unpaired) electrons. The number of aryl methyl sites for hydroxylation is 1. The van der Waals surface area contributed by atoms with E-state index in [1.165, 1.54) is 11.8 Å². The predicted octanol–water partition coefficient (Wildman–Crippen LogP) is 3.95. The molecule has 0 saturated carbocycles. The second-order valence-corrected chi connectivity index (χ2v) is 7.49. The Morgan fingerprint density at radius 2 is 1.93 bits per heavy atom. The van der Waals surface area contributed by atoms with Crippen LogP contribution in [-0.2, 0) is 4.79 Å². The molecule has 7 heteroatoms. The van der Waals surface area contributed by atoms with E-state index in [1.807, 2.05) is 49.4 Å². The lowest BCUT2D eigenvalue weighted by atomic mass is 10.2. The number of methoxy groups -OCH3 is 1. The molecule has 1 saturated heterocycles. The van der Waals surface area contributed by atoms with Crippen LogP contribution in [0.1, 0.15) is 11.1 Å². The summed E-state index contributed by atoms with van der Waals surface area (Å²) in [6, 6.07) is 13.3. The maximum absolute atomic E-state index is 11.7. The smallest absolute Gasteiger partial charge is 0.263 e. The van der Waals surface area contributed by atoms with Crippen LogP contribution in [0.2, 0.25) is 0 Å². The van der Waals surface area contributed by atoms with Crippen molar-refractivity contribution in [2.24, 2.45) is 0 Å². The Balaban J connectivity index is 1.56. The van der Waals surface area contributed by atoms with E-state index >= 15 is 0 Å². The Hall–Kier alpha value is -2.51. The molecule has 3 rings (SSSR count). The van der Waals surface area contributed by atoms with Gasteiger partial charge in [-0.2, -0.15) is 0 Å². The number of rotatable bonds is 7. The first-order valence-electron chi connectivity index (χ1n) is 8.30. The fourth-order valence-electron chi connectivity index (χ4n) is 2.47. The summed E-state index contributed by atoms with van der Waals surface area (Å²) in [4.78, 5) is 12.3. The third-order valence-electron chi connectivity index (χ3n) is 3.73. The van der Waals surface area contributed by atoms with Crippen molar-refractivity contribution < 1.29 is 19.0 Å². The molecule has 27 heavy (non-hydrogen) atoms. The standard InChI is InChI=1S/C20H19NO4S2/c1-13-6-7-16(17(10-13)23-2)25-9-8-24-15-5-3-4-14(11-15)12-18-19(22)21-20(26)27-18/h3-7,10-12H,8-9H2,1-2H3,(H,21,22,26). The molecule has 0 bridgehead atoms. The molecule has 0 atom stereocenters. The van der Waals surface area contributed by atoms with Gasteiger partial charge in [0.2, 0.25) is 0 Å². The van der Waals surface area contributed by atoms with Crippen molar-refractivity contribution in [1.82, 2.24) is 5.32 Å². The summed E-state index contributed by atoms with van der Waals surface area (Å²) < 4.78 is 17.3. The quantitative estimate of drug-likeness (QED) is 0.431. The van der Waals surface area contributed by atoms with Gasteiger partial charge in [0, 0.05) is 0 Å². The average Bonchev–Trinajstić information content (AvgIpc) is 2.97. The molecule has 140 valence electrons. The number of carbonyl (C=O) groups excluding carboxylic acids is 1. The summed E-state index contributed by atoms with van der Waals surface area (Å²) in [5.74, 6) is 1.92. The van der Waals surface area contributed by atoms with Gasteiger partial charge in [-0.05, 0) is 48.4 Å². The van der Waals surface area contributed by atoms with Crippen LogP contribution in [0, 0.1) is 6.92 Å². The summed E-state index contributed by atoms with van der Waals surface area (Å²) in [5.41, 5.74) is 1.98. The van der Waals surface area contributed by atoms with E-state index < -0.39 is 0 Å². The maximum Gasteiger partial charge on any atom is 0.263 e. The zero-order valence-electron chi connectivity index (χ0n) is 15.0. The van der Waals surface area contributed by atoms with Crippen molar-refractivity contribution in [3.05, 3.63) is 58.5 Å². The molecule has 2 aromatic carbocycles. The summed E-state index contributed by atoms with van der Waals surface area (Å²) in [7, 11) is 1.62. The highest BCUT2D eigenvalue weighted by molar-refractivity contribution is 8.26. The first kappa shape index (κ1) is 19.3. The van der Waals surface area contributed by atoms with Crippen molar-refractivity contribution in [2.75, 3.05) is 20.3 Å². The predicted molar refractivity (Wildman–Crippen MR) is 111 cm³/mol. The lowest BCUT2D eigenvalue weighted by Gasteiger charge is -2.12. The van der Waals surface area contributed by atoms with Crippen LogP contribution in [0.5, 0.6) is 17.2 Å². The topological polar surface area (TPSA) is 56.8 Å². The second-order valence-electron chi connectivity index (χ2n) is 5.78. The average molecular weight is 402 g/mol. The van der Waals surface area contributed by atoms with Gasteiger partial charge in [-0.25, -0.2) is 0 Å². The Morgan fingerprint density at radius 1 is 1.11 bits per heavy atom. The van der Waals surface area contributed by atoms with Crippen molar-refractivity contribution >= 4 is 40.3 Å². The number of hydrogen-bond donors (Lipinski definition) is 1.